The molecule has 0 saturated heterocycles. The Morgan fingerprint density at radius 2 is 1.68 bits per heavy atom. The zero-order valence-corrected chi connectivity index (χ0v) is 11.5. The summed E-state index contributed by atoms with van der Waals surface area (Å²) in [5.74, 6) is 0.384. The first-order valence-corrected chi connectivity index (χ1v) is 7.48. The van der Waals surface area contributed by atoms with Crippen molar-refractivity contribution < 1.29 is 10.0 Å². The molecule has 19 heavy (non-hydrogen) atoms. The summed E-state index contributed by atoms with van der Waals surface area (Å²) < 4.78 is 0. The first kappa shape index (κ1) is 14.2. The maximum absolute atomic E-state index is 12.2. The number of nitrogens with one attached hydrogen (secondary N) is 1. The molecule has 2 aliphatic carbocycles. The molecule has 2 saturated carbocycles. The number of oxime groups is 1. The van der Waals surface area contributed by atoms with Crippen LogP contribution in [0.1, 0.15) is 64.2 Å². The second kappa shape index (κ2) is 6.26. The predicted molar refractivity (Wildman–Crippen MR) is 73.9 cm³/mol. The van der Waals surface area contributed by atoms with Crippen LogP contribution in [0.5, 0.6) is 0 Å². The predicted octanol–water partition coefficient (Wildman–Crippen LogP) is 2.13. The van der Waals surface area contributed by atoms with E-state index in [1.54, 1.807) is 0 Å². The molecule has 0 bridgehead atoms. The number of hydrogen-bond acceptors (Lipinski definition) is 3. The number of amidine groups is 1. The fourth-order valence-electron chi connectivity index (χ4n) is 3.06. The number of carbonyl (C=O) groups excluding carboxylic acids is 1. The van der Waals surface area contributed by atoms with Gasteiger partial charge in [0, 0.05) is 5.92 Å². The SMILES string of the molecule is N/C(=N/O)C1(NC(=O)C2CCC2)CCCCCCC1. The third-order valence-corrected chi connectivity index (χ3v) is 4.64. The monoisotopic (exact) mass is 267 g/mol. The van der Waals surface area contributed by atoms with Crippen molar-refractivity contribution >= 4 is 11.7 Å². The van der Waals surface area contributed by atoms with Crippen molar-refractivity contribution in [3.8, 4) is 0 Å². The molecule has 4 N–H and O–H groups in total. The Kier molecular flexibility index (Phi) is 4.66. The lowest BCUT2D eigenvalue weighted by atomic mass is 9.80. The van der Waals surface area contributed by atoms with Crippen molar-refractivity contribution in [1.82, 2.24) is 5.32 Å². The lowest BCUT2D eigenvalue weighted by Gasteiger charge is -2.37. The van der Waals surface area contributed by atoms with Gasteiger partial charge in [0.2, 0.25) is 5.91 Å². The second-order valence-electron chi connectivity index (χ2n) is 5.95. The topological polar surface area (TPSA) is 87.7 Å². The van der Waals surface area contributed by atoms with Crippen LogP contribution < -0.4 is 11.1 Å². The van der Waals surface area contributed by atoms with Crippen molar-refractivity contribution in [2.24, 2.45) is 16.8 Å². The summed E-state index contributed by atoms with van der Waals surface area (Å²) in [7, 11) is 0. The fourth-order valence-corrected chi connectivity index (χ4v) is 3.06. The molecule has 0 unspecified atom stereocenters. The highest BCUT2D eigenvalue weighted by molar-refractivity contribution is 5.94. The Balaban J connectivity index is 2.09. The van der Waals surface area contributed by atoms with Crippen LogP contribution in [0.2, 0.25) is 0 Å². The highest BCUT2D eigenvalue weighted by atomic mass is 16.4. The van der Waals surface area contributed by atoms with Crippen LogP contribution in [-0.4, -0.2) is 22.5 Å². The maximum Gasteiger partial charge on any atom is 0.223 e. The summed E-state index contributed by atoms with van der Waals surface area (Å²) in [6.45, 7) is 0. The van der Waals surface area contributed by atoms with Gasteiger partial charge < -0.3 is 16.3 Å². The fraction of sp³-hybridized carbons (Fsp3) is 0.857. The van der Waals surface area contributed by atoms with E-state index in [0.717, 1.165) is 57.8 Å². The van der Waals surface area contributed by atoms with Crippen LogP contribution in [0.4, 0.5) is 0 Å². The molecule has 0 aliphatic heterocycles. The van der Waals surface area contributed by atoms with Gasteiger partial charge in [0.25, 0.3) is 0 Å². The van der Waals surface area contributed by atoms with Crippen molar-refractivity contribution in [3.05, 3.63) is 0 Å². The summed E-state index contributed by atoms with van der Waals surface area (Å²) in [4.78, 5) is 12.2. The van der Waals surface area contributed by atoms with Crippen molar-refractivity contribution in [2.45, 2.75) is 69.7 Å². The normalized spacial score (nSPS) is 24.9. The van der Waals surface area contributed by atoms with Gasteiger partial charge in [0.05, 0.1) is 0 Å². The summed E-state index contributed by atoms with van der Waals surface area (Å²) in [6.07, 6.45) is 10.2. The lowest BCUT2D eigenvalue weighted by Crippen LogP contribution is -2.59. The third kappa shape index (κ3) is 3.19. The molecule has 108 valence electrons. The minimum absolute atomic E-state index is 0.0819. The molecule has 0 heterocycles. The van der Waals surface area contributed by atoms with Crippen LogP contribution in [0.25, 0.3) is 0 Å². The van der Waals surface area contributed by atoms with E-state index >= 15 is 0 Å². The zero-order chi connectivity index (χ0) is 13.7. The molecule has 0 radical (unpaired) electrons. The Hall–Kier alpha value is -1.26. The number of carbonyl (C=O) groups is 1. The molecule has 2 rings (SSSR count). The molecule has 2 fully saturated rings. The molecule has 1 amide bonds. The summed E-state index contributed by atoms with van der Waals surface area (Å²) in [5.41, 5.74) is 5.27. The molecule has 0 spiro atoms. The summed E-state index contributed by atoms with van der Waals surface area (Å²) in [5, 5.41) is 15.3. The molecule has 0 aromatic rings. The number of nitrogens with two attached hydrogens (primary N) is 1. The van der Waals surface area contributed by atoms with Crippen LogP contribution in [0, 0.1) is 5.92 Å². The van der Waals surface area contributed by atoms with E-state index < -0.39 is 5.54 Å². The van der Waals surface area contributed by atoms with Crippen molar-refractivity contribution in [2.75, 3.05) is 0 Å². The Morgan fingerprint density at radius 1 is 1.11 bits per heavy atom. The molecule has 0 atom stereocenters. The first-order chi connectivity index (χ1) is 9.18. The highest BCUT2D eigenvalue weighted by Gasteiger charge is 2.39. The van der Waals surface area contributed by atoms with Crippen LogP contribution in [0.15, 0.2) is 5.16 Å². The van der Waals surface area contributed by atoms with E-state index in [0.29, 0.717) is 0 Å². The number of rotatable bonds is 3. The molecule has 0 aromatic heterocycles. The van der Waals surface area contributed by atoms with Crippen molar-refractivity contribution in [3.63, 3.8) is 0 Å². The van der Waals surface area contributed by atoms with Crippen molar-refractivity contribution in [1.29, 1.82) is 0 Å². The maximum atomic E-state index is 12.2. The molecule has 2 aliphatic rings. The summed E-state index contributed by atoms with van der Waals surface area (Å²) >= 11 is 0. The van der Waals surface area contributed by atoms with Gasteiger partial charge in [-0.1, -0.05) is 43.7 Å². The standard InChI is InChI=1S/C14H25N3O2/c15-13(17-19)14(9-4-2-1-3-5-10-14)16-12(18)11-7-6-8-11/h11,19H,1-10H2,(H2,15,17)(H,16,18). The Labute approximate surface area is 114 Å². The van der Waals surface area contributed by atoms with E-state index in [4.69, 9.17) is 10.9 Å². The summed E-state index contributed by atoms with van der Waals surface area (Å²) in [6, 6.07) is 0. The average Bonchev–Trinajstić information content (AvgIpc) is 2.29. The van der Waals surface area contributed by atoms with Gasteiger partial charge in [-0.05, 0) is 25.7 Å². The first-order valence-electron chi connectivity index (χ1n) is 7.48. The van der Waals surface area contributed by atoms with Gasteiger partial charge in [0.15, 0.2) is 5.84 Å². The second-order valence-corrected chi connectivity index (χ2v) is 5.95. The van der Waals surface area contributed by atoms with E-state index in [9.17, 15) is 4.79 Å². The van der Waals surface area contributed by atoms with Gasteiger partial charge in [-0.25, -0.2) is 0 Å². The number of amides is 1. The van der Waals surface area contributed by atoms with Gasteiger partial charge >= 0.3 is 0 Å². The lowest BCUT2D eigenvalue weighted by molar-refractivity contribution is -0.128. The van der Waals surface area contributed by atoms with E-state index in [-0.39, 0.29) is 17.7 Å². The van der Waals surface area contributed by atoms with Gasteiger partial charge in [0.1, 0.15) is 5.54 Å². The zero-order valence-electron chi connectivity index (χ0n) is 11.5. The Bertz CT molecular complexity index is 343. The van der Waals surface area contributed by atoms with E-state index in [1.807, 2.05) is 0 Å². The van der Waals surface area contributed by atoms with Gasteiger partial charge in [-0.3, -0.25) is 4.79 Å². The minimum Gasteiger partial charge on any atom is -0.409 e. The molecular formula is C14H25N3O2. The third-order valence-electron chi connectivity index (χ3n) is 4.64. The van der Waals surface area contributed by atoms with Crippen LogP contribution in [-0.2, 0) is 4.79 Å². The smallest absolute Gasteiger partial charge is 0.223 e. The van der Waals surface area contributed by atoms with Crippen LogP contribution >= 0.6 is 0 Å². The molecule has 5 nitrogen and oxygen atoms in total. The Morgan fingerprint density at radius 3 is 2.16 bits per heavy atom. The average molecular weight is 267 g/mol. The molecule has 0 aromatic carbocycles. The number of hydrogen-bond donors (Lipinski definition) is 3. The van der Waals surface area contributed by atoms with Crippen LogP contribution in [0.3, 0.4) is 0 Å². The molecular weight excluding hydrogens is 242 g/mol. The largest absolute Gasteiger partial charge is 0.409 e. The van der Waals surface area contributed by atoms with Gasteiger partial charge in [-0.2, -0.15) is 0 Å². The minimum atomic E-state index is -0.623. The molecule has 5 heteroatoms. The highest BCUT2D eigenvalue weighted by Crippen LogP contribution is 2.30. The van der Waals surface area contributed by atoms with E-state index in [1.165, 1.54) is 6.42 Å². The van der Waals surface area contributed by atoms with Gasteiger partial charge in [-0.15, -0.1) is 0 Å². The quantitative estimate of drug-likeness (QED) is 0.317. The van der Waals surface area contributed by atoms with E-state index in [2.05, 4.69) is 10.5 Å². The number of nitrogens with zero attached hydrogens (tertiary/aromatic N) is 1.